The van der Waals surface area contributed by atoms with Crippen LogP contribution >= 0.6 is 0 Å². The molecule has 9 heavy (non-hydrogen) atoms. The van der Waals surface area contributed by atoms with Crippen LogP contribution < -0.4 is 5.73 Å². The van der Waals surface area contributed by atoms with Crippen molar-refractivity contribution in [2.24, 2.45) is 0 Å². The summed E-state index contributed by atoms with van der Waals surface area (Å²) in [6, 6.07) is 1.40. The lowest BCUT2D eigenvalue weighted by Gasteiger charge is -1.91. The number of nitrogens with zero attached hydrogens (tertiary/aromatic N) is 2. The molecule has 1 aromatic heterocycles. The van der Waals surface area contributed by atoms with Gasteiger partial charge in [-0.2, -0.15) is 0 Å². The Morgan fingerprint density at radius 3 is 2.78 bits per heavy atom. The molecule has 0 radical (unpaired) electrons. The normalized spacial score (nSPS) is 9.44. The van der Waals surface area contributed by atoms with E-state index in [9.17, 15) is 4.39 Å². The average Bonchev–Trinajstić information content (AvgIpc) is 1.88. The standard InChI is InChI=1S/C5H6FN3/c6-2-4-1-5(7)9-3-8-4/h1,3H,2H2,(H2,7,8,9). The third-order valence-corrected chi connectivity index (χ3v) is 0.882. The van der Waals surface area contributed by atoms with Crippen LogP contribution in [0.4, 0.5) is 10.2 Å². The maximum Gasteiger partial charge on any atom is 0.132 e. The number of nitrogens with two attached hydrogens (primary N) is 1. The highest BCUT2D eigenvalue weighted by Gasteiger charge is 1.91. The molecule has 0 unspecified atom stereocenters. The second-order valence-electron chi connectivity index (χ2n) is 1.57. The predicted molar refractivity (Wildman–Crippen MR) is 31.3 cm³/mol. The Hall–Kier alpha value is -1.19. The van der Waals surface area contributed by atoms with Gasteiger partial charge in [-0.15, -0.1) is 0 Å². The van der Waals surface area contributed by atoms with Crippen molar-refractivity contribution in [3.05, 3.63) is 18.1 Å². The fraction of sp³-hybridized carbons (Fsp3) is 0.200. The zero-order valence-electron chi connectivity index (χ0n) is 4.71. The van der Waals surface area contributed by atoms with Crippen molar-refractivity contribution >= 4 is 5.82 Å². The first-order chi connectivity index (χ1) is 4.33. The highest BCUT2D eigenvalue weighted by atomic mass is 19.1. The topological polar surface area (TPSA) is 51.8 Å². The molecule has 0 bridgehead atoms. The summed E-state index contributed by atoms with van der Waals surface area (Å²) in [7, 11) is 0. The van der Waals surface area contributed by atoms with Crippen LogP contribution in [0.3, 0.4) is 0 Å². The molecule has 0 amide bonds. The van der Waals surface area contributed by atoms with Crippen molar-refractivity contribution in [1.82, 2.24) is 9.97 Å². The van der Waals surface area contributed by atoms with Gasteiger partial charge < -0.3 is 5.73 Å². The third kappa shape index (κ3) is 1.35. The van der Waals surface area contributed by atoms with Crippen molar-refractivity contribution in [1.29, 1.82) is 0 Å². The minimum absolute atomic E-state index is 0.303. The molecule has 0 spiro atoms. The highest BCUT2D eigenvalue weighted by Crippen LogP contribution is 1.99. The van der Waals surface area contributed by atoms with E-state index in [0.29, 0.717) is 11.5 Å². The van der Waals surface area contributed by atoms with Crippen molar-refractivity contribution in [3.8, 4) is 0 Å². The van der Waals surface area contributed by atoms with Crippen molar-refractivity contribution in [2.75, 3.05) is 5.73 Å². The number of hydrogen-bond acceptors (Lipinski definition) is 3. The van der Waals surface area contributed by atoms with Crippen LogP contribution in [0.2, 0.25) is 0 Å². The van der Waals surface area contributed by atoms with Crippen LogP contribution in [0.5, 0.6) is 0 Å². The lowest BCUT2D eigenvalue weighted by molar-refractivity contribution is 0.475. The number of halogens is 1. The first-order valence-electron chi connectivity index (χ1n) is 2.45. The minimum Gasteiger partial charge on any atom is -0.384 e. The Bertz CT molecular complexity index is 201. The van der Waals surface area contributed by atoms with E-state index in [1.165, 1.54) is 12.4 Å². The number of nitrogen functional groups attached to an aromatic ring is 1. The molecule has 48 valence electrons. The molecular formula is C5H6FN3. The summed E-state index contributed by atoms with van der Waals surface area (Å²) in [5.41, 5.74) is 5.54. The van der Waals surface area contributed by atoms with E-state index in [1.807, 2.05) is 0 Å². The molecule has 0 saturated carbocycles. The monoisotopic (exact) mass is 127 g/mol. The molecule has 0 aliphatic heterocycles. The highest BCUT2D eigenvalue weighted by molar-refractivity contribution is 5.27. The van der Waals surface area contributed by atoms with Crippen LogP contribution in [0.1, 0.15) is 5.69 Å². The maximum absolute atomic E-state index is 11.8. The average molecular weight is 127 g/mol. The van der Waals surface area contributed by atoms with Crippen LogP contribution in [0.25, 0.3) is 0 Å². The lowest BCUT2D eigenvalue weighted by atomic mass is 10.4. The molecule has 0 aromatic carbocycles. The van der Waals surface area contributed by atoms with E-state index in [-0.39, 0.29) is 0 Å². The molecule has 1 rings (SSSR count). The Labute approximate surface area is 51.7 Å². The summed E-state index contributed by atoms with van der Waals surface area (Å²) < 4.78 is 11.8. The first kappa shape index (κ1) is 5.94. The van der Waals surface area contributed by atoms with Crippen molar-refractivity contribution in [2.45, 2.75) is 6.67 Å². The number of aromatic nitrogens is 2. The van der Waals surface area contributed by atoms with Gasteiger partial charge in [0.1, 0.15) is 18.8 Å². The van der Waals surface area contributed by atoms with Crippen LogP contribution in [-0.4, -0.2) is 9.97 Å². The van der Waals surface area contributed by atoms with Gasteiger partial charge in [-0.1, -0.05) is 0 Å². The van der Waals surface area contributed by atoms with Gasteiger partial charge in [-0.3, -0.25) is 0 Å². The van der Waals surface area contributed by atoms with Crippen molar-refractivity contribution in [3.63, 3.8) is 0 Å². The van der Waals surface area contributed by atoms with E-state index in [4.69, 9.17) is 5.73 Å². The molecular weight excluding hydrogens is 121 g/mol. The van der Waals surface area contributed by atoms with Gasteiger partial charge in [-0.25, -0.2) is 14.4 Å². The van der Waals surface area contributed by atoms with Gasteiger partial charge in [0.05, 0.1) is 5.69 Å². The number of rotatable bonds is 1. The van der Waals surface area contributed by atoms with Gasteiger partial charge in [0, 0.05) is 6.07 Å². The van der Waals surface area contributed by atoms with E-state index in [0.717, 1.165) is 0 Å². The summed E-state index contributed by atoms with van der Waals surface area (Å²) >= 11 is 0. The second-order valence-corrected chi connectivity index (χ2v) is 1.57. The minimum atomic E-state index is -0.591. The Kier molecular flexibility index (Phi) is 1.58. The molecule has 0 atom stereocenters. The van der Waals surface area contributed by atoms with Gasteiger partial charge >= 0.3 is 0 Å². The molecule has 0 saturated heterocycles. The summed E-state index contributed by atoms with van der Waals surface area (Å²) in [5, 5.41) is 0. The lowest BCUT2D eigenvalue weighted by Crippen LogP contribution is -1.93. The van der Waals surface area contributed by atoms with Crippen LogP contribution in [-0.2, 0) is 6.67 Å². The summed E-state index contributed by atoms with van der Waals surface area (Å²) in [4.78, 5) is 7.18. The first-order valence-corrected chi connectivity index (χ1v) is 2.45. The number of anilines is 1. The molecule has 1 aromatic rings. The van der Waals surface area contributed by atoms with Crippen molar-refractivity contribution < 1.29 is 4.39 Å². The quantitative estimate of drug-likeness (QED) is 0.598. The Balaban J connectivity index is 2.94. The molecule has 4 heteroatoms. The molecule has 0 aliphatic rings. The fourth-order valence-electron chi connectivity index (χ4n) is 0.488. The van der Waals surface area contributed by atoms with Crippen LogP contribution in [0, 0.1) is 0 Å². The van der Waals surface area contributed by atoms with Gasteiger partial charge in [0.15, 0.2) is 0 Å². The fourth-order valence-corrected chi connectivity index (χ4v) is 0.488. The van der Waals surface area contributed by atoms with E-state index >= 15 is 0 Å². The SMILES string of the molecule is Nc1cc(CF)ncn1. The zero-order valence-corrected chi connectivity index (χ0v) is 4.71. The molecule has 0 aliphatic carbocycles. The zero-order chi connectivity index (χ0) is 6.69. The summed E-state index contributed by atoms with van der Waals surface area (Å²) in [5.74, 6) is 0.303. The van der Waals surface area contributed by atoms with Gasteiger partial charge in [-0.05, 0) is 0 Å². The van der Waals surface area contributed by atoms with E-state index < -0.39 is 6.67 Å². The second kappa shape index (κ2) is 2.39. The van der Waals surface area contributed by atoms with Gasteiger partial charge in [0.25, 0.3) is 0 Å². The van der Waals surface area contributed by atoms with Crippen LogP contribution in [0.15, 0.2) is 12.4 Å². The molecule has 3 nitrogen and oxygen atoms in total. The molecule has 2 N–H and O–H groups in total. The maximum atomic E-state index is 11.8. The largest absolute Gasteiger partial charge is 0.384 e. The Morgan fingerprint density at radius 2 is 2.33 bits per heavy atom. The van der Waals surface area contributed by atoms with E-state index in [2.05, 4.69) is 9.97 Å². The summed E-state index contributed by atoms with van der Waals surface area (Å²) in [6.07, 6.45) is 1.24. The number of alkyl halides is 1. The molecule has 0 fully saturated rings. The predicted octanol–water partition coefficient (Wildman–Crippen LogP) is 0.528. The third-order valence-electron chi connectivity index (χ3n) is 0.882. The number of hydrogen-bond donors (Lipinski definition) is 1. The Morgan fingerprint density at radius 1 is 1.56 bits per heavy atom. The summed E-state index contributed by atoms with van der Waals surface area (Å²) in [6.45, 7) is -0.591. The van der Waals surface area contributed by atoms with E-state index in [1.54, 1.807) is 0 Å². The van der Waals surface area contributed by atoms with Gasteiger partial charge in [0.2, 0.25) is 0 Å². The molecule has 1 heterocycles. The smallest absolute Gasteiger partial charge is 0.132 e.